The molecular weight excluding hydrogens is 149 g/mol. The molecule has 0 aromatic heterocycles. The Morgan fingerprint density at radius 1 is 1.50 bits per heavy atom. The van der Waals surface area contributed by atoms with Crippen molar-refractivity contribution in [3.05, 3.63) is 0 Å². The molecule has 0 unspecified atom stereocenters. The minimum absolute atomic E-state index is 0. The minimum atomic E-state index is 0. The van der Waals surface area contributed by atoms with Crippen molar-refractivity contribution in [2.75, 3.05) is 6.61 Å². The zero-order chi connectivity index (χ0) is 4.41. The zero-order valence-corrected chi connectivity index (χ0v) is 6.22. The Morgan fingerprint density at radius 2 is 2.12 bits per heavy atom. The van der Waals surface area contributed by atoms with Crippen molar-refractivity contribution in [2.45, 2.75) is 13.3 Å². The van der Waals surface area contributed by atoms with Crippen LogP contribution in [0.1, 0.15) is 13.3 Å². The maximum absolute atomic E-state index is 4.64. The van der Waals surface area contributed by atoms with Gasteiger partial charge in [0, 0.05) is 6.42 Å². The number of halogens is 2. The van der Waals surface area contributed by atoms with E-state index in [0.717, 1.165) is 18.7 Å². The first kappa shape index (κ1) is 10.9. The molecule has 1 aliphatic rings. The summed E-state index contributed by atoms with van der Waals surface area (Å²) in [7, 11) is 0. The second-order valence-corrected chi connectivity index (χ2v) is 1.41. The van der Waals surface area contributed by atoms with Gasteiger partial charge >= 0.3 is 0 Å². The van der Waals surface area contributed by atoms with Crippen molar-refractivity contribution >= 4 is 30.5 Å². The molecule has 0 N–H and O–H groups in total. The molecule has 0 radical (unpaired) electrons. The highest BCUT2D eigenvalue weighted by molar-refractivity contribution is 5.85. The van der Waals surface area contributed by atoms with Crippen molar-refractivity contribution < 1.29 is 4.84 Å². The van der Waals surface area contributed by atoms with Gasteiger partial charge in [-0.2, -0.15) is 0 Å². The fourth-order valence-electron chi connectivity index (χ4n) is 0.395. The molecule has 0 aromatic rings. The summed E-state index contributed by atoms with van der Waals surface area (Å²) in [6.45, 7) is 2.75. The molecule has 0 saturated carbocycles. The summed E-state index contributed by atoms with van der Waals surface area (Å²) < 4.78 is 0. The summed E-state index contributed by atoms with van der Waals surface area (Å²) in [5.41, 5.74) is 1.11. The largest absolute Gasteiger partial charge is 0.395 e. The summed E-state index contributed by atoms with van der Waals surface area (Å²) >= 11 is 0. The normalized spacial score (nSPS) is 14.9. The summed E-state index contributed by atoms with van der Waals surface area (Å²) in [5, 5.41) is 3.65. The quantitative estimate of drug-likeness (QED) is 0.524. The Balaban J connectivity index is 0. The first-order valence-electron chi connectivity index (χ1n) is 2.05. The van der Waals surface area contributed by atoms with Gasteiger partial charge in [0.1, 0.15) is 6.61 Å². The Hall–Kier alpha value is 0.0500. The SMILES string of the molecule is CC1=NOCC1.Cl.Cl. The van der Waals surface area contributed by atoms with Crippen LogP contribution in [0.15, 0.2) is 5.16 Å². The van der Waals surface area contributed by atoms with Crippen LogP contribution in [0.4, 0.5) is 0 Å². The Morgan fingerprint density at radius 3 is 2.25 bits per heavy atom. The van der Waals surface area contributed by atoms with Crippen LogP contribution in [0.5, 0.6) is 0 Å². The maximum Gasteiger partial charge on any atom is 0.122 e. The maximum atomic E-state index is 4.64. The average Bonchev–Trinajstić information content (AvgIpc) is 1.86. The van der Waals surface area contributed by atoms with Crippen LogP contribution < -0.4 is 0 Å². The van der Waals surface area contributed by atoms with E-state index in [9.17, 15) is 0 Å². The van der Waals surface area contributed by atoms with E-state index in [2.05, 4.69) is 9.99 Å². The topological polar surface area (TPSA) is 21.6 Å². The first-order chi connectivity index (χ1) is 2.89. The zero-order valence-electron chi connectivity index (χ0n) is 4.59. The first-order valence-corrected chi connectivity index (χ1v) is 2.05. The molecule has 1 aliphatic heterocycles. The molecule has 1 heterocycles. The van der Waals surface area contributed by atoms with Crippen LogP contribution in [0.3, 0.4) is 0 Å². The van der Waals surface area contributed by atoms with Gasteiger partial charge in [-0.15, -0.1) is 24.8 Å². The van der Waals surface area contributed by atoms with E-state index in [-0.39, 0.29) is 24.8 Å². The van der Waals surface area contributed by atoms with Crippen LogP contribution >= 0.6 is 24.8 Å². The van der Waals surface area contributed by atoms with Gasteiger partial charge in [-0.3, -0.25) is 0 Å². The van der Waals surface area contributed by atoms with Gasteiger partial charge in [0.2, 0.25) is 0 Å². The van der Waals surface area contributed by atoms with E-state index >= 15 is 0 Å². The smallest absolute Gasteiger partial charge is 0.122 e. The molecule has 0 amide bonds. The molecule has 0 aliphatic carbocycles. The van der Waals surface area contributed by atoms with E-state index in [4.69, 9.17) is 0 Å². The van der Waals surface area contributed by atoms with Gasteiger partial charge in [0.05, 0.1) is 5.71 Å². The summed E-state index contributed by atoms with van der Waals surface area (Å²) in [6.07, 6.45) is 1.01. The highest BCUT2D eigenvalue weighted by Crippen LogP contribution is 1.96. The van der Waals surface area contributed by atoms with E-state index < -0.39 is 0 Å². The van der Waals surface area contributed by atoms with Gasteiger partial charge in [-0.1, -0.05) is 5.16 Å². The Labute approximate surface area is 61.1 Å². The third-order valence-corrected chi connectivity index (χ3v) is 0.776. The fraction of sp³-hybridized carbons (Fsp3) is 0.750. The molecule has 1 rings (SSSR count). The van der Waals surface area contributed by atoms with E-state index in [1.807, 2.05) is 6.92 Å². The number of nitrogens with zero attached hydrogens (tertiary/aromatic N) is 1. The molecule has 8 heavy (non-hydrogen) atoms. The lowest BCUT2D eigenvalue weighted by atomic mass is 10.3. The van der Waals surface area contributed by atoms with Gasteiger partial charge in [-0.25, -0.2) is 0 Å². The molecule has 0 aromatic carbocycles. The van der Waals surface area contributed by atoms with E-state index in [0.29, 0.717) is 0 Å². The molecule has 0 spiro atoms. The molecule has 0 fully saturated rings. The van der Waals surface area contributed by atoms with Gasteiger partial charge in [0.25, 0.3) is 0 Å². The number of rotatable bonds is 0. The monoisotopic (exact) mass is 157 g/mol. The van der Waals surface area contributed by atoms with Gasteiger partial charge in [-0.05, 0) is 6.92 Å². The summed E-state index contributed by atoms with van der Waals surface area (Å²) in [4.78, 5) is 4.64. The molecule has 0 bridgehead atoms. The molecule has 50 valence electrons. The van der Waals surface area contributed by atoms with Crippen molar-refractivity contribution in [1.29, 1.82) is 0 Å². The second-order valence-electron chi connectivity index (χ2n) is 1.41. The second kappa shape index (κ2) is 5.19. The highest BCUT2D eigenvalue weighted by atomic mass is 35.5. The number of hydrogen-bond donors (Lipinski definition) is 0. The minimum Gasteiger partial charge on any atom is -0.395 e. The Bertz CT molecular complexity index is 84.1. The van der Waals surface area contributed by atoms with E-state index in [1.54, 1.807) is 0 Å². The number of hydrogen-bond acceptors (Lipinski definition) is 2. The standard InChI is InChI=1S/C4H7NO.2ClH/c1-4-2-3-6-5-4;;/h2-3H2,1H3;2*1H. The number of oxime groups is 1. The molecule has 2 nitrogen and oxygen atoms in total. The van der Waals surface area contributed by atoms with Crippen LogP contribution in [0.2, 0.25) is 0 Å². The van der Waals surface area contributed by atoms with Crippen LogP contribution in [0, 0.1) is 0 Å². The third-order valence-electron chi connectivity index (χ3n) is 0.776. The molecule has 4 heteroatoms. The van der Waals surface area contributed by atoms with Crippen molar-refractivity contribution in [3.8, 4) is 0 Å². The van der Waals surface area contributed by atoms with Crippen molar-refractivity contribution in [3.63, 3.8) is 0 Å². The highest BCUT2D eigenvalue weighted by Gasteiger charge is 1.98. The Kier molecular flexibility index (Phi) is 7.09. The third kappa shape index (κ3) is 3.10. The predicted octanol–water partition coefficient (Wildman–Crippen LogP) is 1.63. The van der Waals surface area contributed by atoms with Crippen molar-refractivity contribution in [2.24, 2.45) is 5.16 Å². The van der Waals surface area contributed by atoms with Gasteiger partial charge in [0.15, 0.2) is 0 Å². The summed E-state index contributed by atoms with van der Waals surface area (Å²) in [6, 6.07) is 0. The van der Waals surface area contributed by atoms with Gasteiger partial charge < -0.3 is 4.84 Å². The van der Waals surface area contributed by atoms with Crippen LogP contribution in [0.25, 0.3) is 0 Å². The molecule has 0 saturated heterocycles. The van der Waals surface area contributed by atoms with Crippen molar-refractivity contribution in [1.82, 2.24) is 0 Å². The fourth-order valence-corrected chi connectivity index (χ4v) is 0.395. The summed E-state index contributed by atoms with van der Waals surface area (Å²) in [5.74, 6) is 0. The van der Waals surface area contributed by atoms with E-state index in [1.165, 1.54) is 0 Å². The van der Waals surface area contributed by atoms with Crippen LogP contribution in [-0.4, -0.2) is 12.3 Å². The lowest BCUT2D eigenvalue weighted by molar-refractivity contribution is 0.173. The average molecular weight is 158 g/mol. The predicted molar refractivity (Wildman–Crippen MR) is 38.2 cm³/mol. The molecular formula is C4H9Cl2NO. The van der Waals surface area contributed by atoms with Crippen LogP contribution in [-0.2, 0) is 4.84 Å². The lowest BCUT2D eigenvalue weighted by Crippen LogP contribution is -1.82. The molecule has 0 atom stereocenters. The lowest BCUT2D eigenvalue weighted by Gasteiger charge is -1.76.